The third-order valence-corrected chi connectivity index (χ3v) is 28.8. The second-order valence-electron chi connectivity index (χ2n) is 36.3. The van der Waals surface area contributed by atoms with Crippen molar-refractivity contribution in [2.24, 2.45) is 76.7 Å². The van der Waals surface area contributed by atoms with Gasteiger partial charge in [0.05, 0.1) is 130 Å². The van der Waals surface area contributed by atoms with E-state index in [1.807, 2.05) is 149 Å². The first-order valence-corrected chi connectivity index (χ1v) is 45.6. The Morgan fingerprint density at radius 1 is 0.402 bits per heavy atom. The van der Waals surface area contributed by atoms with E-state index in [0.717, 1.165) is 0 Å². The summed E-state index contributed by atoms with van der Waals surface area (Å²) in [6.07, 6.45) is 7.07. The molecule has 20 aliphatic heterocycles. The number of halogens is 3. The summed E-state index contributed by atoms with van der Waals surface area (Å²) in [4.78, 5) is 81.1. The number of hydrogen-bond donors (Lipinski definition) is 5. The van der Waals surface area contributed by atoms with Crippen LogP contribution in [0.25, 0.3) is 0 Å². The molecule has 25 rings (SSSR count). The second-order valence-corrected chi connectivity index (χ2v) is 39.0. The van der Waals surface area contributed by atoms with Gasteiger partial charge in [0.1, 0.15) is 78.6 Å². The van der Waals surface area contributed by atoms with Crippen molar-refractivity contribution in [1.82, 2.24) is 0 Å². The molecule has 0 spiro atoms. The van der Waals surface area contributed by atoms with Crippen LogP contribution in [-0.4, -0.2) is 233 Å². The van der Waals surface area contributed by atoms with E-state index in [9.17, 15) is 54.0 Å². The molecule has 27 nitrogen and oxygen atoms in total. The zero-order valence-electron chi connectivity index (χ0n) is 76.0. The van der Waals surface area contributed by atoms with Gasteiger partial charge < -0.3 is 104 Å². The minimum atomic E-state index is -1.40. The summed E-state index contributed by atoms with van der Waals surface area (Å²) in [5, 5.41) is 39.9. The molecule has 5 aromatic rings. The first-order valence-electron chi connectivity index (χ1n) is 43.8. The summed E-state index contributed by atoms with van der Waals surface area (Å²) in [6.45, 7) is 32.1. The normalized spacial score (nSPS) is 40.7. The van der Waals surface area contributed by atoms with Crippen LogP contribution in [0.5, 0.6) is 0 Å². The number of epoxide rings is 2. The van der Waals surface area contributed by atoms with Gasteiger partial charge in [-0.2, -0.15) is 0 Å². The summed E-state index contributed by atoms with van der Waals surface area (Å²) in [5.74, 6) is -0.717. The third kappa shape index (κ3) is 21.8. The van der Waals surface area contributed by atoms with Crippen molar-refractivity contribution >= 4 is 93.9 Å². The van der Waals surface area contributed by atoms with E-state index < -0.39 is 36.1 Å². The van der Waals surface area contributed by atoms with Crippen molar-refractivity contribution in [2.45, 2.75) is 291 Å². The molecule has 42 atom stereocenters. The Bertz CT molecular complexity index is 4260. The summed E-state index contributed by atoms with van der Waals surface area (Å²) >= 11 is 6.32. The predicted molar refractivity (Wildman–Crippen MR) is 470 cm³/mol. The number of aliphatic hydroxyl groups excluding tert-OH is 2. The maximum atomic E-state index is 12.5. The molecule has 19 saturated heterocycles. The van der Waals surface area contributed by atoms with Crippen LogP contribution < -0.4 is 46.1 Å². The summed E-state index contributed by atoms with van der Waals surface area (Å²) in [7, 11) is 0. The summed E-state index contributed by atoms with van der Waals surface area (Å²) < 4.78 is 79.1. The third-order valence-electron chi connectivity index (χ3n) is 27.9. The number of aromatic carboxylic acids is 2. The van der Waals surface area contributed by atoms with Crippen LogP contribution in [0.1, 0.15) is 177 Å². The maximum Gasteiger partial charge on any atom is 1.00 e. The molecular weight excluding hydrogens is 1800 g/mol. The number of alkyl halides is 2. The molecule has 4 aromatic carbocycles. The number of aliphatic hydroxyl groups is 2. The van der Waals surface area contributed by atoms with Crippen molar-refractivity contribution in [2.75, 3.05) is 0 Å². The van der Waals surface area contributed by atoms with E-state index in [-0.39, 0.29) is 283 Å². The number of quaternary nitrogens is 1. The smallest absolute Gasteiger partial charge is 1.00 e. The van der Waals surface area contributed by atoms with E-state index in [4.69, 9.17) is 67.3 Å². The number of esters is 2. The monoisotopic (exact) mass is 1920 g/mol. The van der Waals surface area contributed by atoms with Crippen molar-refractivity contribution in [3.05, 3.63) is 179 Å². The molecule has 0 amide bonds. The number of Topliss-reactive ketones (excluding diaryl/α,β-unsaturated/α-hetero) is 3. The van der Waals surface area contributed by atoms with Gasteiger partial charge in [-0.3, -0.25) is 14.4 Å². The number of furan rings is 1. The van der Waals surface area contributed by atoms with Crippen LogP contribution in [0, 0.1) is 71.0 Å². The van der Waals surface area contributed by atoms with E-state index in [1.165, 1.54) is 41.5 Å². The molecule has 9 unspecified atom stereocenters. The van der Waals surface area contributed by atoms with Gasteiger partial charge in [-0.1, -0.05) is 218 Å². The Kier molecular flexibility index (Phi) is 36.0. The average molecular weight is 1920 g/mol. The number of carboxylic acids is 2. The maximum absolute atomic E-state index is 12.5. The van der Waals surface area contributed by atoms with Crippen LogP contribution in [0.15, 0.2) is 150 Å². The van der Waals surface area contributed by atoms with Gasteiger partial charge in [0.2, 0.25) is 0 Å². The molecule has 21 heterocycles. The first-order chi connectivity index (χ1) is 58.9. The molecule has 0 saturated carbocycles. The fourth-order valence-corrected chi connectivity index (χ4v) is 21.6. The van der Waals surface area contributed by atoms with Crippen LogP contribution >= 0.6 is 44.3 Å². The standard InChI is InChI=1S/2C17H18O6.2C9H14O3.C9H12O3.C9H12O2.2C8H11N.C5H8Br2O.C4H4O.B.ClH.Na.H/c2*1-7-11-8(2)13-15(14(21-11)12(7)22-13)23-17(20)10-6-4-3-5-9(10)16(18)19;1-3-6-4(2)8-9(11-6)5(10)7(3)12-8;2*1-3-5(10)4(2)7-9-8(12-9)6(3)11-7;1-5-7-3-4-8(11-7)6(2)9(5)10;2*1-7(9)8-5-3-2-4-6-8;1-3(6)5(8)4(2)7;1-2-4-5-3-1;;;;/h2*3-8,11-15H,1-2H3,(H,18,19);2*3-10H,1-2H3;3-4,6-9H,1-2H3;3-8H,1-2H3;2*2-7H,9H2,1H3;3-4H,1-2H3;1-4H;;1H;;/q;;;;;;;;;;;;+1;-1/t7-,8+,11?,12?,13-,14-,15-;7-,8+,11+,12+,13-,14?,15-;3-,4+,5+,6+,7+,8-,9?;3-,4+,5?,6+,7-,8+,9?;3-,4+,6+,7-,8+,9?;5-,6+,7+,8-;2*7-;;;;;;/m01100.00....../s1. The molecular formula is C95H124BBr2ClN2NaO25. The van der Waals surface area contributed by atoms with Gasteiger partial charge in [-0.15, -0.1) is 12.4 Å². The fraction of sp³-hybridized carbons (Fsp3) is 0.611. The van der Waals surface area contributed by atoms with Gasteiger partial charge in [0.25, 0.3) is 0 Å². The molecule has 689 valence electrons. The van der Waals surface area contributed by atoms with E-state index >= 15 is 0 Å². The topological polar surface area (TPSA) is 397 Å². The summed E-state index contributed by atoms with van der Waals surface area (Å²) in [6, 6.07) is 36.5. The Balaban J connectivity index is 0.000000165. The second kappa shape index (κ2) is 44.1. The molecule has 19 fully saturated rings. The van der Waals surface area contributed by atoms with E-state index in [1.54, 1.807) is 30.7 Å². The Hall–Kier alpha value is -5.50. The minimum absolute atomic E-state index is 0. The number of benzene rings is 4. The number of rotatable bonds is 10. The van der Waals surface area contributed by atoms with Gasteiger partial charge in [0, 0.05) is 96.6 Å². The van der Waals surface area contributed by atoms with Crippen LogP contribution in [0.2, 0.25) is 0 Å². The minimum Gasteiger partial charge on any atom is -1.00 e. The van der Waals surface area contributed by atoms with Gasteiger partial charge in [-0.05, 0) is 63.6 Å². The van der Waals surface area contributed by atoms with Crippen molar-refractivity contribution in [3.63, 3.8) is 0 Å². The zero-order chi connectivity index (χ0) is 89.6. The Labute approximate surface area is 792 Å². The van der Waals surface area contributed by atoms with Gasteiger partial charge in [-0.25, -0.2) is 14.4 Å². The number of fused-ring (bicyclic) bond motifs is 12. The first kappa shape index (κ1) is 104. The SMILES string of the molecule is CC(Br)C(=O)C(C)Br.C[C@@H]1C(=O)[C@H](C)[C@@H]2C=C[C@H]1O2.C[C@@H]1C(=O)[C@H](C)[C@H]2O[C@@H]1C1O[C@@H]12.C[C@@H]1C(O)[C@H](C)[C@H]2O[C@@H]1C1O[C@@H]12.C[C@@H]1[C@@H]2OC3[C@@H](O)[C@H]1O[C@@H]3[C@H]2C.C[C@@H]1[C@@H]2OC3[C@H]1O[C@H]([C@H]2C)[C@H]3OC(=O)c1ccccc1C(=O)[O-].C[C@H](N)c1ccccc1.C[C@H]([NH3+])c1ccccc1.C[C@H]1C2O[C@H]3C1O[C@H]([C@@H]3OC(=O)c1ccccc1C(=O)O)[C@@H]2C.Cl.[B].[H-].[Na+].c1ccoc1. The number of ether oxygens (including phenoxy) is 13. The molecule has 20 aliphatic rings. The molecule has 127 heavy (non-hydrogen) atoms. The molecule has 32 heteroatoms. The molecule has 0 aliphatic carbocycles. The van der Waals surface area contributed by atoms with Crippen molar-refractivity contribution < 1.29 is 157 Å². The van der Waals surface area contributed by atoms with Gasteiger partial charge in [0.15, 0.2) is 18.0 Å². The average Bonchev–Trinajstić information content (AvgIpc) is 1.56. The number of ketones is 3. The quantitative estimate of drug-likeness (QED) is 0.0302. The van der Waals surface area contributed by atoms with Crippen molar-refractivity contribution in [3.8, 4) is 0 Å². The Morgan fingerprint density at radius 3 is 1.08 bits per heavy atom. The molecule has 18 bridgehead atoms. The molecule has 8 N–H and O–H groups in total. The van der Waals surface area contributed by atoms with E-state index in [2.05, 4.69) is 88.8 Å². The number of carbonyl (C=O) groups excluding carboxylic acids is 6. The number of carbonyl (C=O) groups is 7. The fourth-order valence-electron chi connectivity index (χ4n) is 20.5. The summed E-state index contributed by atoms with van der Waals surface area (Å²) in [5.41, 5.74) is 11.8. The number of hydrogen-bond acceptors (Lipinski definition) is 25. The van der Waals surface area contributed by atoms with Crippen LogP contribution in [-0.2, 0) is 76.0 Å². The molecule has 1 aromatic heterocycles. The number of nitrogens with two attached hydrogens (primary N) is 1. The van der Waals surface area contributed by atoms with E-state index in [0.29, 0.717) is 47.8 Å². The van der Waals surface area contributed by atoms with Crippen LogP contribution in [0.3, 0.4) is 0 Å². The largest absolute Gasteiger partial charge is 1.00 e. The Morgan fingerprint density at radius 2 is 0.717 bits per heavy atom. The predicted octanol–water partition coefficient (Wildman–Crippen LogP) is 7.26. The zero-order valence-corrected chi connectivity index (χ0v) is 80.9. The van der Waals surface area contributed by atoms with Crippen molar-refractivity contribution in [1.29, 1.82) is 0 Å². The number of carboxylic acid groups (broad SMARTS) is 2. The van der Waals surface area contributed by atoms with Gasteiger partial charge >= 0.3 is 47.5 Å². The van der Waals surface area contributed by atoms with Crippen LogP contribution in [0.4, 0.5) is 0 Å². The molecule has 3 radical (unpaired) electrons.